The molecule has 0 spiro atoms. The van der Waals surface area contributed by atoms with Crippen LogP contribution in [0.15, 0.2) is 12.1 Å². The molecule has 1 aromatic heterocycles. The van der Waals surface area contributed by atoms with Crippen LogP contribution in [0.1, 0.15) is 26.5 Å². The van der Waals surface area contributed by atoms with E-state index in [1.165, 1.54) is 0 Å². The fourth-order valence-corrected chi connectivity index (χ4v) is 1.29. The van der Waals surface area contributed by atoms with E-state index in [2.05, 4.69) is 48.3 Å². The third kappa shape index (κ3) is 2.33. The monoisotopic (exact) mass is 295 g/mol. The highest BCUT2D eigenvalue weighted by Crippen LogP contribution is 2.24. The number of halogens is 2. The predicted octanol–water partition coefficient (Wildman–Crippen LogP) is 3.64. The first-order valence-electron chi connectivity index (χ1n) is 3.74. The van der Waals surface area contributed by atoms with Crippen LogP contribution in [0, 0.1) is 3.57 Å². The topological polar surface area (TPSA) is 12.9 Å². The highest BCUT2D eigenvalue weighted by Gasteiger charge is 2.15. The van der Waals surface area contributed by atoms with Crippen LogP contribution in [-0.2, 0) is 5.41 Å². The van der Waals surface area contributed by atoms with Gasteiger partial charge < -0.3 is 0 Å². The Kier molecular flexibility index (Phi) is 2.99. The Labute approximate surface area is 91.7 Å². The molecule has 0 saturated heterocycles. The standard InChI is InChI=1S/C9H11ClIN/c1-9(2,3)7-5-4-6(11)8(10)12-7/h4-5H,1-3H3. The summed E-state index contributed by atoms with van der Waals surface area (Å²) in [7, 11) is 0. The fourth-order valence-electron chi connectivity index (χ4n) is 0.835. The van der Waals surface area contributed by atoms with Crippen molar-refractivity contribution in [3.05, 3.63) is 26.5 Å². The van der Waals surface area contributed by atoms with Crippen LogP contribution in [0.4, 0.5) is 0 Å². The molecule has 12 heavy (non-hydrogen) atoms. The average Bonchev–Trinajstić information content (AvgIpc) is 1.92. The molecule has 0 atom stereocenters. The lowest BCUT2D eigenvalue weighted by Crippen LogP contribution is -2.13. The molecule has 0 bridgehead atoms. The van der Waals surface area contributed by atoms with E-state index in [4.69, 9.17) is 11.6 Å². The van der Waals surface area contributed by atoms with Crippen molar-refractivity contribution in [1.29, 1.82) is 0 Å². The van der Waals surface area contributed by atoms with Crippen molar-refractivity contribution in [2.45, 2.75) is 26.2 Å². The Morgan fingerprint density at radius 2 is 1.92 bits per heavy atom. The highest BCUT2D eigenvalue weighted by atomic mass is 127. The van der Waals surface area contributed by atoms with Gasteiger partial charge in [0.2, 0.25) is 0 Å². The summed E-state index contributed by atoms with van der Waals surface area (Å²) in [4.78, 5) is 4.30. The fraction of sp³-hybridized carbons (Fsp3) is 0.444. The molecule has 0 aliphatic rings. The lowest BCUT2D eigenvalue weighted by molar-refractivity contribution is 0.569. The molecule has 3 heteroatoms. The van der Waals surface area contributed by atoms with Crippen molar-refractivity contribution in [2.75, 3.05) is 0 Å². The zero-order chi connectivity index (χ0) is 9.35. The van der Waals surface area contributed by atoms with Crippen molar-refractivity contribution < 1.29 is 0 Å². The molecule has 0 aliphatic carbocycles. The first kappa shape index (κ1) is 10.3. The summed E-state index contributed by atoms with van der Waals surface area (Å²) in [5, 5.41) is 0.600. The van der Waals surface area contributed by atoms with Gasteiger partial charge in [0.15, 0.2) is 0 Å². The summed E-state index contributed by atoms with van der Waals surface area (Å²) in [5.41, 5.74) is 1.11. The molecule has 0 fully saturated rings. The molecule has 0 aromatic carbocycles. The molecule has 0 amide bonds. The summed E-state index contributed by atoms with van der Waals surface area (Å²) < 4.78 is 1.00. The lowest BCUT2D eigenvalue weighted by Gasteiger charge is -2.17. The first-order valence-corrected chi connectivity index (χ1v) is 5.19. The van der Waals surface area contributed by atoms with Gasteiger partial charge in [-0.05, 0) is 34.7 Å². The van der Waals surface area contributed by atoms with Gasteiger partial charge in [-0.3, -0.25) is 0 Å². The second-order valence-electron chi connectivity index (χ2n) is 3.72. The van der Waals surface area contributed by atoms with Crippen molar-refractivity contribution >= 4 is 34.2 Å². The maximum absolute atomic E-state index is 5.90. The summed E-state index contributed by atoms with van der Waals surface area (Å²) in [6.07, 6.45) is 0. The Bertz CT molecular complexity index is 291. The van der Waals surface area contributed by atoms with Crippen LogP contribution in [0.25, 0.3) is 0 Å². The second-order valence-corrected chi connectivity index (χ2v) is 5.24. The smallest absolute Gasteiger partial charge is 0.142 e. The normalized spacial score (nSPS) is 11.8. The maximum atomic E-state index is 5.90. The van der Waals surface area contributed by atoms with Gasteiger partial charge in [-0.2, -0.15) is 0 Å². The minimum absolute atomic E-state index is 0.0774. The van der Waals surface area contributed by atoms with Gasteiger partial charge in [0.25, 0.3) is 0 Å². The number of pyridine rings is 1. The van der Waals surface area contributed by atoms with Gasteiger partial charge in [0.1, 0.15) is 5.15 Å². The maximum Gasteiger partial charge on any atom is 0.142 e. The van der Waals surface area contributed by atoms with Crippen molar-refractivity contribution in [1.82, 2.24) is 4.98 Å². The Hall–Kier alpha value is 0.170. The Morgan fingerprint density at radius 1 is 1.33 bits per heavy atom. The van der Waals surface area contributed by atoms with E-state index < -0.39 is 0 Å². The predicted molar refractivity (Wildman–Crippen MR) is 60.7 cm³/mol. The Morgan fingerprint density at radius 3 is 2.33 bits per heavy atom. The van der Waals surface area contributed by atoms with E-state index in [1.54, 1.807) is 0 Å². The Balaban J connectivity index is 3.14. The third-order valence-corrected chi connectivity index (χ3v) is 3.05. The quantitative estimate of drug-likeness (QED) is 0.526. The molecule has 1 rings (SSSR count). The van der Waals surface area contributed by atoms with E-state index in [9.17, 15) is 0 Å². The van der Waals surface area contributed by atoms with Crippen LogP contribution < -0.4 is 0 Å². The van der Waals surface area contributed by atoms with Gasteiger partial charge in [0.05, 0.1) is 3.57 Å². The average molecular weight is 296 g/mol. The molecule has 0 aliphatic heterocycles. The SMILES string of the molecule is CC(C)(C)c1ccc(I)c(Cl)n1. The minimum atomic E-state index is 0.0774. The summed E-state index contributed by atoms with van der Waals surface area (Å²) in [6, 6.07) is 4.02. The summed E-state index contributed by atoms with van der Waals surface area (Å²) in [5.74, 6) is 0. The van der Waals surface area contributed by atoms with Crippen LogP contribution in [-0.4, -0.2) is 4.98 Å². The number of hydrogen-bond acceptors (Lipinski definition) is 1. The van der Waals surface area contributed by atoms with E-state index >= 15 is 0 Å². The molecule has 0 saturated carbocycles. The largest absolute Gasteiger partial charge is 0.239 e. The van der Waals surface area contributed by atoms with Gasteiger partial charge in [-0.1, -0.05) is 32.4 Å². The molecule has 0 unspecified atom stereocenters. The van der Waals surface area contributed by atoms with Gasteiger partial charge in [-0.25, -0.2) is 4.98 Å². The zero-order valence-corrected chi connectivity index (χ0v) is 10.3. The summed E-state index contributed by atoms with van der Waals surface area (Å²) in [6.45, 7) is 6.37. The summed E-state index contributed by atoms with van der Waals surface area (Å²) >= 11 is 8.08. The number of nitrogens with zero attached hydrogens (tertiary/aromatic N) is 1. The van der Waals surface area contributed by atoms with Crippen molar-refractivity contribution in [2.24, 2.45) is 0 Å². The zero-order valence-electron chi connectivity index (χ0n) is 7.36. The van der Waals surface area contributed by atoms with Crippen LogP contribution in [0.3, 0.4) is 0 Å². The van der Waals surface area contributed by atoms with E-state index in [1.807, 2.05) is 12.1 Å². The minimum Gasteiger partial charge on any atom is -0.239 e. The van der Waals surface area contributed by atoms with Crippen LogP contribution in [0.5, 0.6) is 0 Å². The van der Waals surface area contributed by atoms with Crippen LogP contribution in [0.2, 0.25) is 5.15 Å². The van der Waals surface area contributed by atoms with Gasteiger partial charge in [-0.15, -0.1) is 0 Å². The first-order chi connectivity index (χ1) is 5.41. The number of aromatic nitrogens is 1. The van der Waals surface area contributed by atoms with Crippen molar-refractivity contribution in [3.8, 4) is 0 Å². The van der Waals surface area contributed by atoms with E-state index in [-0.39, 0.29) is 5.41 Å². The van der Waals surface area contributed by atoms with Gasteiger partial charge >= 0.3 is 0 Å². The van der Waals surface area contributed by atoms with Crippen molar-refractivity contribution in [3.63, 3.8) is 0 Å². The number of hydrogen-bond donors (Lipinski definition) is 0. The highest BCUT2D eigenvalue weighted by molar-refractivity contribution is 14.1. The lowest BCUT2D eigenvalue weighted by atomic mass is 9.92. The molecule has 1 aromatic rings. The molecule has 66 valence electrons. The molecular formula is C9H11ClIN. The van der Waals surface area contributed by atoms with Crippen LogP contribution >= 0.6 is 34.2 Å². The second kappa shape index (κ2) is 3.50. The molecule has 0 radical (unpaired) electrons. The van der Waals surface area contributed by atoms with E-state index in [0.29, 0.717) is 5.15 Å². The van der Waals surface area contributed by atoms with Gasteiger partial charge in [0, 0.05) is 11.1 Å². The third-order valence-electron chi connectivity index (χ3n) is 1.57. The van der Waals surface area contributed by atoms with E-state index in [0.717, 1.165) is 9.26 Å². The molecule has 1 heterocycles. The number of rotatable bonds is 0. The molecular weight excluding hydrogens is 284 g/mol. The molecule has 1 nitrogen and oxygen atoms in total. The molecule has 0 N–H and O–H groups in total.